The van der Waals surface area contributed by atoms with Gasteiger partial charge in [-0.15, -0.1) is 0 Å². The lowest BCUT2D eigenvalue weighted by Crippen LogP contribution is -2.01. The molecule has 0 atom stereocenters. The van der Waals surface area contributed by atoms with Gasteiger partial charge in [0.05, 0.1) is 12.2 Å². The molecule has 1 aliphatic rings. The summed E-state index contributed by atoms with van der Waals surface area (Å²) >= 11 is 0. The Labute approximate surface area is 149 Å². The van der Waals surface area contributed by atoms with Crippen molar-refractivity contribution in [3.05, 3.63) is 59.5 Å². The van der Waals surface area contributed by atoms with E-state index in [1.165, 1.54) is 0 Å². The van der Waals surface area contributed by atoms with E-state index in [0.717, 1.165) is 54.6 Å². The average Bonchev–Trinajstić information content (AvgIpc) is 3.42. The fraction of sp³-hybridized carbons (Fsp3) is 0.263. The molecule has 0 N–H and O–H groups in total. The van der Waals surface area contributed by atoms with Gasteiger partial charge in [0.1, 0.15) is 0 Å². The molecule has 0 bridgehead atoms. The summed E-state index contributed by atoms with van der Waals surface area (Å²) in [6.07, 6.45) is 7.92. The molecule has 0 saturated carbocycles. The Kier molecular flexibility index (Phi) is 3.62. The van der Waals surface area contributed by atoms with E-state index >= 15 is 0 Å². The lowest BCUT2D eigenvalue weighted by atomic mass is 9.96. The molecule has 0 aliphatic heterocycles. The molecule has 3 heterocycles. The molecule has 4 aromatic rings. The van der Waals surface area contributed by atoms with Crippen molar-refractivity contribution in [1.82, 2.24) is 25.1 Å². The van der Waals surface area contributed by atoms with Gasteiger partial charge in [0.25, 0.3) is 5.89 Å². The molecule has 0 spiro atoms. The SMILES string of the molecule is c1cnn(Cc2ccc(-c3noc(-c4onc5c4CCCC5)n3)cc2)c1. The third-order valence-corrected chi connectivity index (χ3v) is 4.70. The normalized spacial score (nSPS) is 13.7. The lowest BCUT2D eigenvalue weighted by molar-refractivity contribution is 0.382. The second-order valence-corrected chi connectivity index (χ2v) is 6.47. The molecule has 0 amide bonds. The minimum Gasteiger partial charge on any atom is -0.350 e. The molecular weight excluding hydrogens is 330 g/mol. The molecular formula is C19H17N5O2. The van der Waals surface area contributed by atoms with Gasteiger partial charge in [-0.05, 0) is 37.3 Å². The molecule has 3 aromatic heterocycles. The van der Waals surface area contributed by atoms with Crippen molar-refractivity contribution in [3.63, 3.8) is 0 Å². The van der Waals surface area contributed by atoms with Gasteiger partial charge in [0.2, 0.25) is 11.6 Å². The van der Waals surface area contributed by atoms with Gasteiger partial charge in [-0.2, -0.15) is 10.1 Å². The van der Waals surface area contributed by atoms with Crippen molar-refractivity contribution in [2.24, 2.45) is 0 Å². The topological polar surface area (TPSA) is 82.8 Å². The molecule has 0 unspecified atom stereocenters. The third kappa shape index (κ3) is 2.71. The first kappa shape index (κ1) is 15.1. The van der Waals surface area contributed by atoms with Crippen LogP contribution in [-0.2, 0) is 19.4 Å². The van der Waals surface area contributed by atoms with Gasteiger partial charge in [-0.1, -0.05) is 34.6 Å². The van der Waals surface area contributed by atoms with E-state index in [0.29, 0.717) is 17.5 Å². The number of benzene rings is 1. The summed E-state index contributed by atoms with van der Waals surface area (Å²) in [6.45, 7) is 0.731. The van der Waals surface area contributed by atoms with Gasteiger partial charge >= 0.3 is 0 Å². The van der Waals surface area contributed by atoms with E-state index in [4.69, 9.17) is 9.05 Å². The van der Waals surface area contributed by atoms with Crippen LogP contribution < -0.4 is 0 Å². The van der Waals surface area contributed by atoms with Crippen molar-refractivity contribution in [3.8, 4) is 23.0 Å². The summed E-state index contributed by atoms with van der Waals surface area (Å²) < 4.78 is 12.8. The molecule has 7 nitrogen and oxygen atoms in total. The van der Waals surface area contributed by atoms with Crippen LogP contribution in [0.2, 0.25) is 0 Å². The van der Waals surface area contributed by atoms with Crippen LogP contribution >= 0.6 is 0 Å². The molecule has 5 rings (SSSR count). The monoisotopic (exact) mass is 347 g/mol. The predicted molar refractivity (Wildman–Crippen MR) is 93.2 cm³/mol. The molecule has 7 heteroatoms. The fourth-order valence-corrected chi connectivity index (χ4v) is 3.33. The van der Waals surface area contributed by atoms with Gasteiger partial charge < -0.3 is 9.05 Å². The molecule has 130 valence electrons. The van der Waals surface area contributed by atoms with Crippen molar-refractivity contribution in [2.75, 3.05) is 0 Å². The Morgan fingerprint density at radius 2 is 1.88 bits per heavy atom. The maximum absolute atomic E-state index is 5.47. The maximum atomic E-state index is 5.47. The van der Waals surface area contributed by atoms with Crippen molar-refractivity contribution < 1.29 is 9.05 Å². The molecule has 26 heavy (non-hydrogen) atoms. The summed E-state index contributed by atoms with van der Waals surface area (Å²) in [5.74, 6) is 1.57. The zero-order valence-corrected chi connectivity index (χ0v) is 14.1. The van der Waals surface area contributed by atoms with Gasteiger partial charge in [0, 0.05) is 23.5 Å². The molecule has 1 aromatic carbocycles. The molecule has 0 fully saturated rings. The minimum atomic E-state index is 0.399. The second kappa shape index (κ2) is 6.25. The quantitative estimate of drug-likeness (QED) is 0.562. The van der Waals surface area contributed by atoms with Crippen LogP contribution in [0, 0.1) is 0 Å². The second-order valence-electron chi connectivity index (χ2n) is 6.47. The third-order valence-electron chi connectivity index (χ3n) is 4.70. The van der Waals surface area contributed by atoms with E-state index in [1.807, 2.05) is 41.2 Å². The fourth-order valence-electron chi connectivity index (χ4n) is 3.33. The first-order valence-corrected chi connectivity index (χ1v) is 8.75. The summed E-state index contributed by atoms with van der Waals surface area (Å²) in [4.78, 5) is 4.51. The van der Waals surface area contributed by atoms with Crippen LogP contribution in [0.25, 0.3) is 23.0 Å². The number of aromatic nitrogens is 5. The smallest absolute Gasteiger partial charge is 0.297 e. The zero-order chi connectivity index (χ0) is 17.3. The summed E-state index contributed by atoms with van der Waals surface area (Å²) in [6, 6.07) is 9.98. The first-order chi connectivity index (χ1) is 12.9. The number of aryl methyl sites for hydroxylation is 1. The van der Waals surface area contributed by atoms with Crippen LogP contribution in [0.5, 0.6) is 0 Å². The standard InChI is InChI=1S/C19H17N5O2/c1-2-5-16-15(4-1)17(25-22-16)19-21-18(23-26-19)14-8-6-13(7-9-14)12-24-11-3-10-20-24/h3,6-11H,1-2,4-5,12H2. The number of rotatable bonds is 4. The molecule has 0 saturated heterocycles. The summed E-state index contributed by atoms with van der Waals surface area (Å²) in [7, 11) is 0. The highest BCUT2D eigenvalue weighted by Gasteiger charge is 2.24. The molecule has 1 aliphatic carbocycles. The largest absolute Gasteiger partial charge is 0.350 e. The van der Waals surface area contributed by atoms with Crippen molar-refractivity contribution >= 4 is 0 Å². The Bertz CT molecular complexity index is 1010. The van der Waals surface area contributed by atoms with E-state index in [1.54, 1.807) is 6.20 Å². The molecule has 0 radical (unpaired) electrons. The van der Waals surface area contributed by atoms with Crippen LogP contribution in [0.3, 0.4) is 0 Å². The van der Waals surface area contributed by atoms with Crippen LogP contribution in [0.4, 0.5) is 0 Å². The Balaban J connectivity index is 1.39. The predicted octanol–water partition coefficient (Wildman–Crippen LogP) is 3.52. The van der Waals surface area contributed by atoms with E-state index in [-0.39, 0.29) is 0 Å². The number of fused-ring (bicyclic) bond motifs is 1. The van der Waals surface area contributed by atoms with E-state index < -0.39 is 0 Å². The van der Waals surface area contributed by atoms with Crippen LogP contribution in [-0.4, -0.2) is 25.1 Å². The first-order valence-electron chi connectivity index (χ1n) is 8.75. The zero-order valence-electron chi connectivity index (χ0n) is 14.1. The van der Waals surface area contributed by atoms with Crippen molar-refractivity contribution in [2.45, 2.75) is 32.2 Å². The highest BCUT2D eigenvalue weighted by Crippen LogP contribution is 2.31. The lowest BCUT2D eigenvalue weighted by Gasteiger charge is -2.07. The highest BCUT2D eigenvalue weighted by atomic mass is 16.5. The maximum Gasteiger partial charge on any atom is 0.297 e. The van der Waals surface area contributed by atoms with Crippen LogP contribution in [0.1, 0.15) is 29.7 Å². The summed E-state index contributed by atoms with van der Waals surface area (Å²) in [5, 5.41) is 12.5. The number of hydrogen-bond donors (Lipinski definition) is 0. The van der Waals surface area contributed by atoms with Gasteiger partial charge in [-0.3, -0.25) is 4.68 Å². The van der Waals surface area contributed by atoms with Crippen LogP contribution in [0.15, 0.2) is 51.8 Å². The minimum absolute atomic E-state index is 0.399. The van der Waals surface area contributed by atoms with E-state index in [9.17, 15) is 0 Å². The number of nitrogens with zero attached hydrogens (tertiary/aromatic N) is 5. The van der Waals surface area contributed by atoms with Crippen molar-refractivity contribution in [1.29, 1.82) is 0 Å². The highest BCUT2D eigenvalue weighted by molar-refractivity contribution is 5.59. The Morgan fingerprint density at radius 3 is 2.73 bits per heavy atom. The van der Waals surface area contributed by atoms with Gasteiger partial charge in [0.15, 0.2) is 0 Å². The Morgan fingerprint density at radius 1 is 1.00 bits per heavy atom. The number of hydrogen-bond acceptors (Lipinski definition) is 6. The van der Waals surface area contributed by atoms with E-state index in [2.05, 4.69) is 20.4 Å². The summed E-state index contributed by atoms with van der Waals surface area (Å²) in [5.41, 5.74) is 4.19. The Hall–Kier alpha value is -3.22. The van der Waals surface area contributed by atoms with Gasteiger partial charge in [-0.25, -0.2) is 0 Å². The average molecular weight is 347 g/mol.